The van der Waals surface area contributed by atoms with Crippen LogP contribution in [0.3, 0.4) is 0 Å². The molecular weight excluding hydrogens is 290 g/mol. The van der Waals surface area contributed by atoms with Crippen molar-refractivity contribution >= 4 is 23.3 Å². The Balaban J connectivity index is 1.93. The molecule has 0 aromatic carbocycles. The third-order valence-electron chi connectivity index (χ3n) is 3.74. The van der Waals surface area contributed by atoms with Crippen molar-refractivity contribution in [2.75, 3.05) is 6.54 Å². The lowest BCUT2D eigenvalue weighted by Gasteiger charge is -2.36. The summed E-state index contributed by atoms with van der Waals surface area (Å²) in [5.74, 6) is -0.808. The first-order valence-electron chi connectivity index (χ1n) is 7.26. The third-order valence-corrected chi connectivity index (χ3v) is 4.70. The van der Waals surface area contributed by atoms with Gasteiger partial charge in [-0.15, -0.1) is 11.3 Å². The zero-order valence-electron chi connectivity index (χ0n) is 12.1. The van der Waals surface area contributed by atoms with Crippen molar-refractivity contribution in [3.63, 3.8) is 0 Å². The maximum absolute atomic E-state index is 12.4. The number of carbonyl (C=O) groups is 2. The number of rotatable bonds is 5. The molecule has 2 rings (SSSR count). The summed E-state index contributed by atoms with van der Waals surface area (Å²) in [5.41, 5.74) is 0. The van der Waals surface area contributed by atoms with Gasteiger partial charge in [0.15, 0.2) is 0 Å². The summed E-state index contributed by atoms with van der Waals surface area (Å²) in [4.78, 5) is 29.1. The predicted molar refractivity (Wildman–Crippen MR) is 80.3 cm³/mol. The first-order chi connectivity index (χ1) is 10.1. The number of amides is 2. The van der Waals surface area contributed by atoms with E-state index in [1.807, 2.05) is 12.3 Å². The van der Waals surface area contributed by atoms with Crippen LogP contribution in [0.25, 0.3) is 0 Å². The molecule has 1 fully saturated rings. The summed E-state index contributed by atoms with van der Waals surface area (Å²) in [6.45, 7) is 2.60. The van der Waals surface area contributed by atoms with Crippen LogP contribution in [0.15, 0.2) is 11.6 Å². The third kappa shape index (κ3) is 4.42. The molecule has 2 N–H and O–H groups in total. The lowest BCUT2D eigenvalue weighted by atomic mass is 9.98. The molecule has 0 bridgehead atoms. The number of carboxylic acids is 1. The second-order valence-electron chi connectivity index (χ2n) is 5.32. The van der Waals surface area contributed by atoms with Crippen LogP contribution in [0.1, 0.15) is 50.1 Å². The van der Waals surface area contributed by atoms with E-state index in [1.165, 1.54) is 11.3 Å². The van der Waals surface area contributed by atoms with E-state index in [-0.39, 0.29) is 24.5 Å². The molecule has 1 saturated heterocycles. The average molecular weight is 311 g/mol. The summed E-state index contributed by atoms with van der Waals surface area (Å²) in [5, 5.41) is 14.5. The number of piperidine rings is 1. The Labute approximate surface area is 128 Å². The van der Waals surface area contributed by atoms with Gasteiger partial charge in [0.1, 0.15) is 5.01 Å². The van der Waals surface area contributed by atoms with Gasteiger partial charge < -0.3 is 15.3 Å². The molecule has 0 saturated carbocycles. The Morgan fingerprint density at radius 3 is 3.05 bits per heavy atom. The van der Waals surface area contributed by atoms with Crippen molar-refractivity contribution in [3.05, 3.63) is 16.6 Å². The summed E-state index contributed by atoms with van der Waals surface area (Å²) in [6, 6.07) is -0.217. The van der Waals surface area contributed by atoms with E-state index in [2.05, 4.69) is 10.3 Å². The molecule has 0 spiro atoms. The fourth-order valence-electron chi connectivity index (χ4n) is 2.64. The smallest absolute Gasteiger partial charge is 0.318 e. The zero-order chi connectivity index (χ0) is 15.2. The van der Waals surface area contributed by atoms with Crippen LogP contribution >= 0.6 is 11.3 Å². The molecule has 2 heterocycles. The molecule has 1 aromatic heterocycles. The quantitative estimate of drug-likeness (QED) is 0.875. The van der Waals surface area contributed by atoms with Gasteiger partial charge in [-0.2, -0.15) is 0 Å². The molecular formula is C14H21N3O3S. The summed E-state index contributed by atoms with van der Waals surface area (Å²) < 4.78 is 0. The molecule has 1 aromatic rings. The number of thiazole rings is 1. The van der Waals surface area contributed by atoms with Crippen molar-refractivity contribution < 1.29 is 14.7 Å². The first kappa shape index (κ1) is 15.8. The molecule has 7 heteroatoms. The molecule has 1 aliphatic heterocycles. The highest BCUT2D eigenvalue weighted by Gasteiger charge is 2.28. The SMILES string of the molecule is CC(NC(=O)N1CCCCC1CCC(=O)O)c1nccs1. The lowest BCUT2D eigenvalue weighted by molar-refractivity contribution is -0.137. The number of likely N-dealkylation sites (tertiary alicyclic amines) is 1. The summed E-state index contributed by atoms with van der Waals surface area (Å²) in [7, 11) is 0. The van der Waals surface area contributed by atoms with Crippen LogP contribution < -0.4 is 5.32 Å². The lowest BCUT2D eigenvalue weighted by Crippen LogP contribution is -2.49. The molecule has 0 radical (unpaired) electrons. The van der Waals surface area contributed by atoms with E-state index in [0.29, 0.717) is 13.0 Å². The van der Waals surface area contributed by atoms with Gasteiger partial charge in [0.2, 0.25) is 0 Å². The summed E-state index contributed by atoms with van der Waals surface area (Å²) in [6.07, 6.45) is 5.26. The molecule has 2 amide bonds. The van der Waals surface area contributed by atoms with Crippen LogP contribution in [0.5, 0.6) is 0 Å². The van der Waals surface area contributed by atoms with Crippen molar-refractivity contribution in [1.29, 1.82) is 0 Å². The van der Waals surface area contributed by atoms with Gasteiger partial charge in [-0.25, -0.2) is 9.78 Å². The van der Waals surface area contributed by atoms with Gasteiger partial charge in [-0.3, -0.25) is 4.79 Å². The van der Waals surface area contributed by atoms with E-state index in [1.54, 1.807) is 11.1 Å². The van der Waals surface area contributed by atoms with Crippen LogP contribution in [-0.4, -0.2) is 39.6 Å². The Hall–Kier alpha value is -1.63. The van der Waals surface area contributed by atoms with Crippen molar-refractivity contribution in [3.8, 4) is 0 Å². The number of hydrogen-bond donors (Lipinski definition) is 2. The van der Waals surface area contributed by atoms with E-state index >= 15 is 0 Å². The standard InChI is InChI=1S/C14H21N3O3S/c1-10(13-15-7-9-21-13)16-14(20)17-8-3-2-4-11(17)5-6-12(18)19/h7,9-11H,2-6,8H2,1H3,(H,16,20)(H,18,19). The number of urea groups is 1. The van der Waals surface area contributed by atoms with Crippen molar-refractivity contribution in [1.82, 2.24) is 15.2 Å². The Morgan fingerprint density at radius 2 is 2.38 bits per heavy atom. The van der Waals surface area contributed by atoms with Gasteiger partial charge in [0, 0.05) is 30.6 Å². The Bertz CT molecular complexity index is 478. The highest BCUT2D eigenvalue weighted by molar-refractivity contribution is 7.09. The van der Waals surface area contributed by atoms with Crippen LogP contribution in [0, 0.1) is 0 Å². The fourth-order valence-corrected chi connectivity index (χ4v) is 3.28. The van der Waals surface area contributed by atoms with Gasteiger partial charge in [0.05, 0.1) is 6.04 Å². The fraction of sp³-hybridized carbons (Fsp3) is 0.643. The minimum atomic E-state index is -0.808. The van der Waals surface area contributed by atoms with E-state index in [4.69, 9.17) is 5.11 Å². The molecule has 6 nitrogen and oxygen atoms in total. The molecule has 2 atom stereocenters. The van der Waals surface area contributed by atoms with Gasteiger partial charge in [0.25, 0.3) is 0 Å². The minimum Gasteiger partial charge on any atom is -0.481 e. The number of aliphatic carboxylic acids is 1. The number of hydrogen-bond acceptors (Lipinski definition) is 4. The molecule has 1 aliphatic rings. The topological polar surface area (TPSA) is 82.5 Å². The van der Waals surface area contributed by atoms with Gasteiger partial charge in [-0.05, 0) is 32.6 Å². The highest BCUT2D eigenvalue weighted by atomic mass is 32.1. The Morgan fingerprint density at radius 1 is 1.57 bits per heavy atom. The average Bonchev–Trinajstić information content (AvgIpc) is 2.99. The van der Waals surface area contributed by atoms with E-state index in [9.17, 15) is 9.59 Å². The number of carbonyl (C=O) groups excluding carboxylic acids is 1. The number of aromatic nitrogens is 1. The number of carboxylic acid groups (broad SMARTS) is 1. The van der Waals surface area contributed by atoms with Crippen LogP contribution in [0.4, 0.5) is 4.79 Å². The van der Waals surface area contributed by atoms with Crippen molar-refractivity contribution in [2.45, 2.75) is 51.1 Å². The maximum atomic E-state index is 12.4. The normalized spacial score (nSPS) is 20.0. The second-order valence-corrected chi connectivity index (χ2v) is 6.24. The van der Waals surface area contributed by atoms with Gasteiger partial charge >= 0.3 is 12.0 Å². The highest BCUT2D eigenvalue weighted by Crippen LogP contribution is 2.22. The Kier molecular flexibility index (Phi) is 5.55. The summed E-state index contributed by atoms with van der Waals surface area (Å²) >= 11 is 1.51. The monoisotopic (exact) mass is 311 g/mol. The molecule has 2 unspecified atom stereocenters. The van der Waals surface area contributed by atoms with Crippen molar-refractivity contribution in [2.24, 2.45) is 0 Å². The molecule has 21 heavy (non-hydrogen) atoms. The first-order valence-corrected chi connectivity index (χ1v) is 8.14. The molecule has 116 valence electrons. The van der Waals surface area contributed by atoms with E-state index < -0.39 is 5.97 Å². The van der Waals surface area contributed by atoms with Crippen LogP contribution in [0.2, 0.25) is 0 Å². The van der Waals surface area contributed by atoms with Gasteiger partial charge in [-0.1, -0.05) is 0 Å². The maximum Gasteiger partial charge on any atom is 0.318 e. The minimum absolute atomic E-state index is 0.0262. The predicted octanol–water partition coefficient (Wildman–Crippen LogP) is 2.63. The van der Waals surface area contributed by atoms with Crippen LogP contribution in [-0.2, 0) is 4.79 Å². The second kappa shape index (κ2) is 7.40. The largest absolute Gasteiger partial charge is 0.481 e. The number of nitrogens with one attached hydrogen (secondary N) is 1. The molecule has 0 aliphatic carbocycles. The number of nitrogens with zero attached hydrogens (tertiary/aromatic N) is 2. The van der Waals surface area contributed by atoms with E-state index in [0.717, 1.165) is 24.3 Å². The zero-order valence-corrected chi connectivity index (χ0v) is 12.9.